The minimum absolute atomic E-state index is 0.731. The molecule has 0 radical (unpaired) electrons. The zero-order chi connectivity index (χ0) is 17.1. The van der Waals surface area contributed by atoms with Gasteiger partial charge in [0, 0.05) is 43.9 Å². The van der Waals surface area contributed by atoms with E-state index in [1.165, 1.54) is 55.4 Å². The van der Waals surface area contributed by atoms with E-state index in [0.717, 1.165) is 38.9 Å². The van der Waals surface area contributed by atoms with Gasteiger partial charge in [0.05, 0.1) is 13.2 Å². The Morgan fingerprint density at radius 1 is 1.08 bits per heavy atom. The molecule has 4 heteroatoms. The van der Waals surface area contributed by atoms with Crippen molar-refractivity contribution in [2.45, 2.75) is 38.3 Å². The van der Waals surface area contributed by atoms with Gasteiger partial charge in [-0.2, -0.15) is 0 Å². The lowest BCUT2D eigenvalue weighted by atomic mass is 9.98. The first-order valence-electron chi connectivity index (χ1n) is 9.89. The first-order chi connectivity index (χ1) is 12.3. The molecule has 0 saturated carbocycles. The molecule has 0 spiro atoms. The van der Waals surface area contributed by atoms with Gasteiger partial charge in [-0.05, 0) is 49.9 Å². The van der Waals surface area contributed by atoms with Gasteiger partial charge < -0.3 is 9.30 Å². The fraction of sp³-hybridized carbons (Fsp3) is 0.619. The molecule has 1 unspecified atom stereocenters. The van der Waals surface area contributed by atoms with Gasteiger partial charge in [-0.1, -0.05) is 24.6 Å². The summed E-state index contributed by atoms with van der Waals surface area (Å²) in [6.07, 6.45) is 5.38. The molecule has 0 N–H and O–H groups in total. The maximum atomic E-state index is 5.48. The summed E-state index contributed by atoms with van der Waals surface area (Å²) in [5.74, 6) is 0. The van der Waals surface area contributed by atoms with Crippen molar-refractivity contribution in [2.24, 2.45) is 7.05 Å². The van der Waals surface area contributed by atoms with Crippen LogP contribution in [0.4, 0.5) is 0 Å². The Balaban J connectivity index is 1.42. The van der Waals surface area contributed by atoms with Crippen LogP contribution in [0.1, 0.15) is 31.4 Å². The highest BCUT2D eigenvalue weighted by Gasteiger charge is 2.24. The average Bonchev–Trinajstić information content (AvgIpc) is 2.98. The van der Waals surface area contributed by atoms with E-state index in [4.69, 9.17) is 4.74 Å². The maximum absolute atomic E-state index is 5.48. The predicted octanol–water partition coefficient (Wildman–Crippen LogP) is 3.26. The number of para-hydroxylation sites is 1. The molecule has 25 heavy (non-hydrogen) atoms. The second kappa shape index (κ2) is 7.90. The molecule has 1 aromatic heterocycles. The van der Waals surface area contributed by atoms with Gasteiger partial charge in [-0.25, -0.2) is 0 Å². The van der Waals surface area contributed by atoms with Gasteiger partial charge in [-0.15, -0.1) is 0 Å². The molecule has 2 aromatic rings. The third kappa shape index (κ3) is 3.91. The molecule has 2 fully saturated rings. The van der Waals surface area contributed by atoms with E-state index in [1.807, 2.05) is 0 Å². The first-order valence-corrected chi connectivity index (χ1v) is 9.89. The lowest BCUT2D eigenvalue weighted by Crippen LogP contribution is -2.43. The van der Waals surface area contributed by atoms with Crippen molar-refractivity contribution >= 4 is 10.9 Å². The number of morpholine rings is 1. The van der Waals surface area contributed by atoms with Gasteiger partial charge in [0.15, 0.2) is 0 Å². The van der Waals surface area contributed by atoms with Crippen LogP contribution < -0.4 is 0 Å². The summed E-state index contributed by atoms with van der Waals surface area (Å²) in [4.78, 5) is 5.31. The molecule has 4 rings (SSSR count). The normalized spacial score (nSPS) is 23.3. The highest BCUT2D eigenvalue weighted by atomic mass is 16.5. The van der Waals surface area contributed by atoms with Crippen molar-refractivity contribution in [1.29, 1.82) is 0 Å². The van der Waals surface area contributed by atoms with Crippen molar-refractivity contribution in [1.82, 2.24) is 14.4 Å². The standard InChI is InChI=1S/C21H31N3O/c1-22-20(16-18-6-2-3-8-21(18)22)17-24-10-5-4-7-19(24)9-11-23-12-14-25-15-13-23/h2-3,6,8,16,19H,4-5,7,9-15,17H2,1H3. The SMILES string of the molecule is Cn1c(CN2CCCCC2CCN2CCOCC2)cc2ccccc21. The number of ether oxygens (including phenoxy) is 1. The molecule has 1 atom stereocenters. The van der Waals surface area contributed by atoms with Gasteiger partial charge in [0.25, 0.3) is 0 Å². The van der Waals surface area contributed by atoms with Crippen LogP contribution in [0.3, 0.4) is 0 Å². The maximum Gasteiger partial charge on any atom is 0.0594 e. The summed E-state index contributed by atoms with van der Waals surface area (Å²) in [7, 11) is 2.21. The van der Waals surface area contributed by atoms with Crippen LogP contribution in [0.15, 0.2) is 30.3 Å². The molecule has 2 saturated heterocycles. The fourth-order valence-corrected chi connectivity index (χ4v) is 4.46. The lowest BCUT2D eigenvalue weighted by Gasteiger charge is -2.37. The van der Waals surface area contributed by atoms with Crippen LogP contribution in [0.5, 0.6) is 0 Å². The number of aryl methyl sites for hydroxylation is 1. The van der Waals surface area contributed by atoms with Crippen LogP contribution in [0, 0.1) is 0 Å². The topological polar surface area (TPSA) is 20.6 Å². The molecule has 0 aliphatic carbocycles. The zero-order valence-electron chi connectivity index (χ0n) is 15.5. The Bertz CT molecular complexity index is 690. The van der Waals surface area contributed by atoms with E-state index >= 15 is 0 Å². The lowest BCUT2D eigenvalue weighted by molar-refractivity contribution is 0.0301. The molecule has 2 aliphatic heterocycles. The molecule has 0 bridgehead atoms. The number of fused-ring (bicyclic) bond motifs is 1. The minimum atomic E-state index is 0.731. The molecule has 0 amide bonds. The number of piperidine rings is 1. The van der Waals surface area contributed by atoms with E-state index in [2.05, 4.69) is 51.7 Å². The van der Waals surface area contributed by atoms with Crippen molar-refractivity contribution in [3.8, 4) is 0 Å². The summed E-state index contributed by atoms with van der Waals surface area (Å²) in [6, 6.07) is 11.8. The van der Waals surface area contributed by atoms with E-state index in [9.17, 15) is 0 Å². The second-order valence-corrected chi connectivity index (χ2v) is 7.62. The fourth-order valence-electron chi connectivity index (χ4n) is 4.46. The van der Waals surface area contributed by atoms with Crippen molar-refractivity contribution < 1.29 is 4.74 Å². The summed E-state index contributed by atoms with van der Waals surface area (Å²) in [6.45, 7) is 7.58. The van der Waals surface area contributed by atoms with Crippen molar-refractivity contribution in [3.63, 3.8) is 0 Å². The summed E-state index contributed by atoms with van der Waals surface area (Å²) < 4.78 is 7.86. The molecule has 136 valence electrons. The van der Waals surface area contributed by atoms with Crippen LogP contribution in [0.25, 0.3) is 10.9 Å². The smallest absolute Gasteiger partial charge is 0.0594 e. The Hall–Kier alpha value is -1.36. The number of benzene rings is 1. The number of hydrogen-bond donors (Lipinski definition) is 0. The second-order valence-electron chi connectivity index (χ2n) is 7.62. The highest BCUT2D eigenvalue weighted by molar-refractivity contribution is 5.81. The number of likely N-dealkylation sites (tertiary alicyclic amines) is 1. The van der Waals surface area contributed by atoms with Gasteiger partial charge in [0.1, 0.15) is 0 Å². The van der Waals surface area contributed by atoms with Crippen LogP contribution >= 0.6 is 0 Å². The monoisotopic (exact) mass is 341 g/mol. The van der Waals surface area contributed by atoms with E-state index in [-0.39, 0.29) is 0 Å². The van der Waals surface area contributed by atoms with Gasteiger partial charge >= 0.3 is 0 Å². The summed E-state index contributed by atoms with van der Waals surface area (Å²) in [5, 5.41) is 1.36. The molecule has 2 aliphatic rings. The highest BCUT2D eigenvalue weighted by Crippen LogP contribution is 2.25. The number of aromatic nitrogens is 1. The largest absolute Gasteiger partial charge is 0.379 e. The Morgan fingerprint density at radius 3 is 2.76 bits per heavy atom. The quantitative estimate of drug-likeness (QED) is 0.833. The molecule has 4 nitrogen and oxygen atoms in total. The van der Waals surface area contributed by atoms with Crippen molar-refractivity contribution in [2.75, 3.05) is 39.4 Å². The van der Waals surface area contributed by atoms with Gasteiger partial charge in [-0.3, -0.25) is 9.80 Å². The summed E-state index contributed by atoms with van der Waals surface area (Å²) in [5.41, 5.74) is 2.79. The van der Waals surface area contributed by atoms with E-state index in [1.54, 1.807) is 0 Å². The van der Waals surface area contributed by atoms with Crippen molar-refractivity contribution in [3.05, 3.63) is 36.0 Å². The first kappa shape index (κ1) is 17.1. The number of rotatable bonds is 5. The Kier molecular flexibility index (Phi) is 5.39. The average molecular weight is 341 g/mol. The molecular formula is C21H31N3O. The Morgan fingerprint density at radius 2 is 1.92 bits per heavy atom. The predicted molar refractivity (Wildman–Crippen MR) is 103 cm³/mol. The molecule has 1 aromatic carbocycles. The zero-order valence-corrected chi connectivity index (χ0v) is 15.5. The van der Waals surface area contributed by atoms with Crippen LogP contribution in [-0.2, 0) is 18.3 Å². The van der Waals surface area contributed by atoms with Gasteiger partial charge in [0.2, 0.25) is 0 Å². The van der Waals surface area contributed by atoms with Crippen LogP contribution in [0.2, 0.25) is 0 Å². The third-order valence-electron chi connectivity index (χ3n) is 6.05. The summed E-state index contributed by atoms with van der Waals surface area (Å²) >= 11 is 0. The third-order valence-corrected chi connectivity index (χ3v) is 6.05. The van der Waals surface area contributed by atoms with Crippen LogP contribution in [-0.4, -0.2) is 59.8 Å². The number of nitrogens with zero attached hydrogens (tertiary/aromatic N) is 3. The molecular weight excluding hydrogens is 310 g/mol. The molecule has 3 heterocycles. The Labute approximate surface area is 151 Å². The minimum Gasteiger partial charge on any atom is -0.379 e. The number of hydrogen-bond acceptors (Lipinski definition) is 3. The van der Waals surface area contributed by atoms with E-state index in [0.29, 0.717) is 0 Å². The van der Waals surface area contributed by atoms with E-state index < -0.39 is 0 Å².